The fourth-order valence-electron chi connectivity index (χ4n) is 1.31. The van der Waals surface area contributed by atoms with Crippen LogP contribution in [0.3, 0.4) is 0 Å². The van der Waals surface area contributed by atoms with Crippen LogP contribution in [0.15, 0.2) is 15.5 Å². The number of carbonyl (C=O) groups is 1. The molecule has 9 heteroatoms. The molecule has 1 aromatic rings. The number of hydrogen-bond donors (Lipinski definition) is 3. The summed E-state index contributed by atoms with van der Waals surface area (Å²) < 4.78 is 5.54. The number of aromatic nitrogens is 2. The van der Waals surface area contributed by atoms with E-state index in [-0.39, 0.29) is 24.2 Å². The number of hydrogen-bond acceptors (Lipinski definition) is 7. The summed E-state index contributed by atoms with van der Waals surface area (Å²) in [5, 5.41) is 25.1. The molecule has 0 aliphatic rings. The van der Waals surface area contributed by atoms with Crippen LogP contribution in [0.25, 0.3) is 0 Å². The minimum atomic E-state index is -0.995. The highest BCUT2D eigenvalue weighted by Crippen LogP contribution is 2.20. The maximum atomic E-state index is 12.0. The fourth-order valence-corrected chi connectivity index (χ4v) is 1.71. The molecule has 112 valence electrons. The molecule has 0 saturated carbocycles. The summed E-state index contributed by atoms with van der Waals surface area (Å²) in [5.41, 5.74) is -1.22. The highest BCUT2D eigenvalue weighted by molar-refractivity contribution is 9.10. The van der Waals surface area contributed by atoms with E-state index >= 15 is 0 Å². The summed E-state index contributed by atoms with van der Waals surface area (Å²) in [6, 6.07) is 0. The normalized spacial score (nSPS) is 11.2. The van der Waals surface area contributed by atoms with Crippen molar-refractivity contribution in [3.63, 3.8) is 0 Å². The average molecular weight is 350 g/mol. The van der Waals surface area contributed by atoms with Gasteiger partial charge in [-0.3, -0.25) is 9.59 Å². The van der Waals surface area contributed by atoms with Gasteiger partial charge in [-0.05, 0) is 22.9 Å². The van der Waals surface area contributed by atoms with Crippen molar-refractivity contribution in [2.24, 2.45) is 0 Å². The van der Waals surface area contributed by atoms with Crippen LogP contribution < -0.4 is 10.9 Å². The first-order valence-corrected chi connectivity index (χ1v) is 6.48. The second-order valence-electron chi connectivity index (χ2n) is 4.41. The number of aliphatic hydroxyl groups excluding tert-OH is 2. The molecule has 3 N–H and O–H groups in total. The first-order chi connectivity index (χ1) is 9.36. The van der Waals surface area contributed by atoms with E-state index in [1.54, 1.807) is 6.92 Å². The number of anilines is 1. The third kappa shape index (κ3) is 3.78. The Hall–Kier alpha value is -1.45. The molecular weight excluding hydrogens is 334 g/mol. The van der Waals surface area contributed by atoms with Crippen molar-refractivity contribution in [1.82, 2.24) is 9.78 Å². The Morgan fingerprint density at radius 3 is 2.65 bits per heavy atom. The lowest BCUT2D eigenvalue weighted by molar-refractivity contribution is -0.141. The molecule has 0 amide bonds. The van der Waals surface area contributed by atoms with Gasteiger partial charge in [-0.15, -0.1) is 0 Å². The van der Waals surface area contributed by atoms with Crippen molar-refractivity contribution >= 4 is 27.6 Å². The molecule has 0 atom stereocenters. The highest BCUT2D eigenvalue weighted by Gasteiger charge is 2.24. The second-order valence-corrected chi connectivity index (χ2v) is 5.21. The van der Waals surface area contributed by atoms with E-state index < -0.39 is 17.1 Å². The number of nitrogens with zero attached hydrogens (tertiary/aromatic N) is 2. The van der Waals surface area contributed by atoms with Crippen molar-refractivity contribution in [2.75, 3.05) is 25.6 Å². The van der Waals surface area contributed by atoms with Gasteiger partial charge in [-0.25, -0.2) is 4.68 Å². The van der Waals surface area contributed by atoms with E-state index in [1.165, 1.54) is 13.3 Å². The van der Waals surface area contributed by atoms with Crippen molar-refractivity contribution < 1.29 is 19.7 Å². The molecular formula is C11H16BrN3O5. The molecule has 0 spiro atoms. The number of nitrogens with one attached hydrogen (secondary N) is 1. The van der Waals surface area contributed by atoms with E-state index in [4.69, 9.17) is 0 Å². The van der Waals surface area contributed by atoms with Crippen LogP contribution in [0.5, 0.6) is 0 Å². The molecule has 0 unspecified atom stereocenters. The number of ether oxygens (including phenoxy) is 1. The zero-order chi connectivity index (χ0) is 15.3. The smallest absolute Gasteiger partial charge is 0.327 e. The number of halogens is 1. The quantitative estimate of drug-likeness (QED) is 0.584. The number of carbonyl (C=O) groups excluding carboxylic acids is 1. The molecule has 0 bridgehead atoms. The van der Waals surface area contributed by atoms with Crippen LogP contribution >= 0.6 is 15.9 Å². The van der Waals surface area contributed by atoms with E-state index in [2.05, 4.69) is 31.1 Å². The van der Waals surface area contributed by atoms with Gasteiger partial charge in [0.05, 0.1) is 37.7 Å². The molecule has 1 rings (SSSR count). The average Bonchev–Trinajstić information content (AvgIpc) is 2.46. The van der Waals surface area contributed by atoms with Gasteiger partial charge < -0.3 is 20.3 Å². The first kappa shape index (κ1) is 16.6. The third-order valence-corrected chi connectivity index (χ3v) is 3.39. The van der Waals surface area contributed by atoms with Gasteiger partial charge in [0.2, 0.25) is 0 Å². The summed E-state index contributed by atoms with van der Waals surface area (Å²) in [5.74, 6) is -0.595. The van der Waals surface area contributed by atoms with Gasteiger partial charge in [-0.2, -0.15) is 5.10 Å². The monoisotopic (exact) mass is 349 g/mol. The Balaban J connectivity index is 3.06. The first-order valence-electron chi connectivity index (χ1n) is 5.69. The molecule has 0 aliphatic heterocycles. The van der Waals surface area contributed by atoms with Crippen molar-refractivity contribution in [3.05, 3.63) is 21.0 Å². The van der Waals surface area contributed by atoms with Gasteiger partial charge in [-0.1, -0.05) is 0 Å². The van der Waals surface area contributed by atoms with Crippen LogP contribution in [-0.2, 0) is 16.1 Å². The molecule has 20 heavy (non-hydrogen) atoms. The predicted molar refractivity (Wildman–Crippen MR) is 74.4 cm³/mol. The van der Waals surface area contributed by atoms with Crippen LogP contribution in [0.1, 0.15) is 6.92 Å². The zero-order valence-electron chi connectivity index (χ0n) is 11.1. The lowest BCUT2D eigenvalue weighted by atomic mass is 10.1. The largest absolute Gasteiger partial charge is 0.468 e. The van der Waals surface area contributed by atoms with E-state index in [0.717, 1.165) is 4.68 Å². The van der Waals surface area contributed by atoms with Gasteiger partial charge in [0.1, 0.15) is 11.0 Å². The molecule has 0 saturated heterocycles. The van der Waals surface area contributed by atoms with E-state index in [9.17, 15) is 19.8 Å². The Morgan fingerprint density at radius 2 is 2.15 bits per heavy atom. The number of rotatable bonds is 6. The van der Waals surface area contributed by atoms with Gasteiger partial charge >= 0.3 is 5.97 Å². The fraction of sp³-hybridized carbons (Fsp3) is 0.545. The maximum absolute atomic E-state index is 12.0. The van der Waals surface area contributed by atoms with Gasteiger partial charge in [0.15, 0.2) is 0 Å². The molecule has 0 fully saturated rings. The van der Waals surface area contributed by atoms with Crippen LogP contribution in [0.4, 0.5) is 5.69 Å². The Bertz CT molecular complexity index is 541. The molecule has 0 aliphatic carbocycles. The third-order valence-electron chi connectivity index (χ3n) is 2.63. The molecule has 0 aromatic carbocycles. The summed E-state index contributed by atoms with van der Waals surface area (Å²) >= 11 is 3.10. The number of esters is 1. The minimum Gasteiger partial charge on any atom is -0.468 e. The predicted octanol–water partition coefficient (Wildman–Crippen LogP) is -0.666. The number of methoxy groups -OCH3 is 1. The summed E-state index contributed by atoms with van der Waals surface area (Å²) in [6.07, 6.45) is 1.32. The minimum absolute atomic E-state index is 0.143. The van der Waals surface area contributed by atoms with Crippen molar-refractivity contribution in [1.29, 1.82) is 0 Å². The highest BCUT2D eigenvalue weighted by atomic mass is 79.9. The zero-order valence-corrected chi connectivity index (χ0v) is 12.7. The van der Waals surface area contributed by atoms with Crippen molar-refractivity contribution in [3.8, 4) is 0 Å². The molecule has 1 heterocycles. The summed E-state index contributed by atoms with van der Waals surface area (Å²) in [7, 11) is 1.21. The molecule has 0 radical (unpaired) electrons. The van der Waals surface area contributed by atoms with Gasteiger partial charge in [0.25, 0.3) is 5.56 Å². The topological polar surface area (TPSA) is 114 Å². The van der Waals surface area contributed by atoms with E-state index in [1.807, 2.05) is 0 Å². The van der Waals surface area contributed by atoms with Crippen LogP contribution in [0, 0.1) is 0 Å². The van der Waals surface area contributed by atoms with Crippen LogP contribution in [0.2, 0.25) is 0 Å². The van der Waals surface area contributed by atoms with Crippen molar-refractivity contribution in [2.45, 2.75) is 19.0 Å². The Kier molecular flexibility index (Phi) is 5.66. The molecule has 1 aromatic heterocycles. The maximum Gasteiger partial charge on any atom is 0.327 e. The SMILES string of the molecule is COC(=O)Cn1ncc(NC(C)(CO)CO)c(Br)c1=O. The number of aliphatic hydroxyl groups is 2. The van der Waals surface area contributed by atoms with Crippen LogP contribution in [-0.4, -0.2) is 51.8 Å². The second kappa shape index (κ2) is 6.82. The lowest BCUT2D eigenvalue weighted by Crippen LogP contribution is -2.43. The standard InChI is InChI=1S/C11H16BrN3O5/c1-11(5-16,6-17)14-7-3-13-15(4-8(18)20-2)10(19)9(7)12/h3,14,16-17H,4-6H2,1-2H3. The molecule has 8 nitrogen and oxygen atoms in total. The Labute approximate surface area is 123 Å². The summed E-state index contributed by atoms with van der Waals surface area (Å²) in [4.78, 5) is 23.1. The Morgan fingerprint density at radius 1 is 1.55 bits per heavy atom. The summed E-state index contributed by atoms with van der Waals surface area (Å²) in [6.45, 7) is 0.618. The van der Waals surface area contributed by atoms with E-state index in [0.29, 0.717) is 5.69 Å². The lowest BCUT2D eigenvalue weighted by Gasteiger charge is -2.27. The van der Waals surface area contributed by atoms with Gasteiger partial charge in [0, 0.05) is 0 Å².